The summed E-state index contributed by atoms with van der Waals surface area (Å²) in [6, 6.07) is 3.17. The van der Waals surface area contributed by atoms with Crippen LogP contribution in [0.5, 0.6) is 11.5 Å². The van der Waals surface area contributed by atoms with Crippen molar-refractivity contribution in [3.8, 4) is 22.8 Å². The number of piperazine rings is 1. The number of hydrogen-bond donors (Lipinski definition) is 1. The van der Waals surface area contributed by atoms with Crippen LogP contribution in [0.1, 0.15) is 55.4 Å². The van der Waals surface area contributed by atoms with Gasteiger partial charge < -0.3 is 29.3 Å². The van der Waals surface area contributed by atoms with Gasteiger partial charge in [-0.2, -0.15) is 5.10 Å². The molecule has 5 heterocycles. The summed E-state index contributed by atoms with van der Waals surface area (Å²) >= 11 is 6.84. The number of halogens is 2. The highest BCUT2D eigenvalue weighted by atomic mass is 35.5. The maximum Gasteiger partial charge on any atom is 0.410 e. The van der Waals surface area contributed by atoms with E-state index in [1.807, 2.05) is 25.1 Å². The summed E-state index contributed by atoms with van der Waals surface area (Å²) in [5.41, 5.74) is 1.06. The summed E-state index contributed by atoms with van der Waals surface area (Å²) < 4.78 is 28.7. The van der Waals surface area contributed by atoms with E-state index >= 15 is 4.39 Å². The third-order valence-electron chi connectivity index (χ3n) is 7.75. The summed E-state index contributed by atoms with van der Waals surface area (Å²) in [6.07, 6.45) is 1.44. The molecule has 6 rings (SSSR count). The summed E-state index contributed by atoms with van der Waals surface area (Å²) in [4.78, 5) is 37.0. The fourth-order valence-corrected chi connectivity index (χ4v) is 6.10. The minimum absolute atomic E-state index is 0.0299. The first-order valence-corrected chi connectivity index (χ1v) is 14.1. The summed E-state index contributed by atoms with van der Waals surface area (Å²) in [5.74, 6) is -1.12. The molecule has 1 saturated heterocycles. The molecule has 3 aromatic rings. The summed E-state index contributed by atoms with van der Waals surface area (Å²) in [7, 11) is 1.84. The Bertz CT molecular complexity index is 1580. The molecule has 0 saturated carbocycles. The van der Waals surface area contributed by atoms with E-state index < -0.39 is 23.6 Å². The number of hydrogen-bond acceptors (Lipinski definition) is 8. The molecule has 0 radical (unpaired) electrons. The van der Waals surface area contributed by atoms with Crippen LogP contribution in [0, 0.1) is 5.82 Å². The number of rotatable bonds is 2. The van der Waals surface area contributed by atoms with Gasteiger partial charge in [0.2, 0.25) is 0 Å². The Morgan fingerprint density at radius 3 is 2.67 bits per heavy atom. The average Bonchev–Trinajstić information content (AvgIpc) is 3.37. The number of pyridine rings is 1. The van der Waals surface area contributed by atoms with Gasteiger partial charge >= 0.3 is 6.09 Å². The van der Waals surface area contributed by atoms with Gasteiger partial charge in [0, 0.05) is 45.0 Å². The maximum atomic E-state index is 15.1. The number of phenolic OH excluding ortho intramolecular Hbond substituents is 1. The van der Waals surface area contributed by atoms with Crippen molar-refractivity contribution in [1.29, 1.82) is 0 Å². The van der Waals surface area contributed by atoms with Crippen molar-refractivity contribution in [1.82, 2.24) is 24.6 Å². The van der Waals surface area contributed by atoms with Crippen molar-refractivity contribution in [3.05, 3.63) is 52.1 Å². The van der Waals surface area contributed by atoms with Crippen molar-refractivity contribution in [2.45, 2.75) is 51.9 Å². The van der Waals surface area contributed by atoms with Crippen LogP contribution in [-0.4, -0.2) is 79.6 Å². The van der Waals surface area contributed by atoms with Gasteiger partial charge in [-0.1, -0.05) is 17.7 Å². The van der Waals surface area contributed by atoms with Crippen LogP contribution in [0.25, 0.3) is 11.3 Å². The van der Waals surface area contributed by atoms with Crippen LogP contribution in [0.15, 0.2) is 24.4 Å². The molecule has 0 bridgehead atoms. The highest BCUT2D eigenvalue weighted by Gasteiger charge is 2.43. The molecule has 1 fully saturated rings. The molecule has 11 nitrogen and oxygen atoms in total. The quantitative estimate of drug-likeness (QED) is 0.458. The van der Waals surface area contributed by atoms with E-state index in [4.69, 9.17) is 26.1 Å². The van der Waals surface area contributed by atoms with Crippen LogP contribution in [0.3, 0.4) is 0 Å². The Hall–Kier alpha value is -4.06. The van der Waals surface area contributed by atoms with Gasteiger partial charge in [-0.25, -0.2) is 14.2 Å². The van der Waals surface area contributed by atoms with E-state index in [9.17, 15) is 14.7 Å². The lowest BCUT2D eigenvalue weighted by Gasteiger charge is -2.40. The van der Waals surface area contributed by atoms with Gasteiger partial charge in [0.15, 0.2) is 5.75 Å². The zero-order chi connectivity index (χ0) is 30.1. The number of carbonyl (C=O) groups excluding carboxylic acids is 2. The Morgan fingerprint density at radius 1 is 1.21 bits per heavy atom. The number of benzene rings is 1. The predicted molar refractivity (Wildman–Crippen MR) is 152 cm³/mol. The van der Waals surface area contributed by atoms with Crippen LogP contribution in [0.4, 0.5) is 15.0 Å². The monoisotopic (exact) mass is 598 g/mol. The van der Waals surface area contributed by atoms with E-state index in [2.05, 4.69) is 5.10 Å². The average molecular weight is 599 g/mol. The van der Waals surface area contributed by atoms with Gasteiger partial charge in [0.25, 0.3) is 5.91 Å². The molecule has 13 heteroatoms. The zero-order valence-electron chi connectivity index (χ0n) is 24.0. The fraction of sp³-hybridized carbons (Fsp3) is 0.448. The third kappa shape index (κ3) is 4.67. The Labute approximate surface area is 247 Å². The molecule has 1 N–H and O–H groups in total. The second kappa shape index (κ2) is 10.0. The lowest BCUT2D eigenvalue weighted by molar-refractivity contribution is 0.000954. The lowest BCUT2D eigenvalue weighted by atomic mass is 10.0. The molecule has 1 aromatic carbocycles. The first-order chi connectivity index (χ1) is 19.8. The standard InChI is InChI=1S/C29H32ClFN6O5/c1-15-23-16(11-34(5)33-23)12-37(15)26-21-25(22(30)24(32-26)20-18(31)7-6-8-19(20)38)41-14-17-13-35(9-10-36(17)27(21)39)28(40)42-29(2,3)4/h6-8,11,15,17,38H,9-10,12-14H2,1-5H3/t15?,17-/m1/s1. The number of fused-ring (bicyclic) bond motifs is 3. The van der Waals surface area contributed by atoms with Crippen LogP contribution in [-0.2, 0) is 18.3 Å². The molecule has 0 spiro atoms. The Balaban J connectivity index is 1.45. The maximum absolute atomic E-state index is 15.1. The molecule has 2 atom stereocenters. The highest BCUT2D eigenvalue weighted by molar-refractivity contribution is 6.35. The number of nitrogens with zero attached hydrogens (tertiary/aromatic N) is 6. The number of aromatic hydroxyl groups is 1. The minimum Gasteiger partial charge on any atom is -0.507 e. The molecule has 2 aromatic heterocycles. The van der Waals surface area contributed by atoms with Crippen LogP contribution < -0.4 is 9.64 Å². The molecule has 42 heavy (non-hydrogen) atoms. The molecular weight excluding hydrogens is 567 g/mol. The van der Waals surface area contributed by atoms with E-state index in [0.29, 0.717) is 6.54 Å². The van der Waals surface area contributed by atoms with Crippen LogP contribution >= 0.6 is 11.6 Å². The zero-order valence-corrected chi connectivity index (χ0v) is 24.8. The van der Waals surface area contributed by atoms with E-state index in [0.717, 1.165) is 11.3 Å². The number of aryl methyl sites for hydroxylation is 1. The highest BCUT2D eigenvalue weighted by Crippen LogP contribution is 2.48. The molecule has 2 amide bonds. The number of aromatic nitrogens is 3. The Morgan fingerprint density at radius 2 is 1.98 bits per heavy atom. The number of amides is 2. The Kier molecular flexibility index (Phi) is 6.71. The van der Waals surface area contributed by atoms with E-state index in [-0.39, 0.29) is 77.4 Å². The van der Waals surface area contributed by atoms with Gasteiger partial charge in [-0.15, -0.1) is 0 Å². The first-order valence-electron chi connectivity index (χ1n) is 13.8. The molecule has 1 unspecified atom stereocenters. The molecule has 3 aliphatic rings. The smallest absolute Gasteiger partial charge is 0.410 e. The van der Waals surface area contributed by atoms with Crippen molar-refractivity contribution >= 4 is 29.4 Å². The second-order valence-electron chi connectivity index (χ2n) is 11.8. The third-order valence-corrected chi connectivity index (χ3v) is 8.10. The van der Waals surface area contributed by atoms with E-state index in [1.165, 1.54) is 18.2 Å². The van der Waals surface area contributed by atoms with Gasteiger partial charge in [-0.3, -0.25) is 9.48 Å². The second-order valence-corrected chi connectivity index (χ2v) is 12.2. The number of carbonyl (C=O) groups is 2. The van der Waals surface area contributed by atoms with Crippen molar-refractivity contribution in [2.75, 3.05) is 31.1 Å². The van der Waals surface area contributed by atoms with Gasteiger partial charge in [-0.05, 0) is 39.8 Å². The van der Waals surface area contributed by atoms with Crippen molar-refractivity contribution in [2.24, 2.45) is 7.05 Å². The summed E-state index contributed by atoms with van der Waals surface area (Å²) in [5, 5.41) is 15.1. The van der Waals surface area contributed by atoms with Gasteiger partial charge in [0.1, 0.15) is 45.9 Å². The first kappa shape index (κ1) is 28.1. The topological polar surface area (TPSA) is 113 Å². The van der Waals surface area contributed by atoms with Crippen molar-refractivity contribution < 1.29 is 28.6 Å². The van der Waals surface area contributed by atoms with Gasteiger partial charge in [0.05, 0.1) is 23.3 Å². The molecule has 0 aliphatic carbocycles. The lowest BCUT2D eigenvalue weighted by Crippen LogP contribution is -2.58. The molecule has 222 valence electrons. The predicted octanol–water partition coefficient (Wildman–Crippen LogP) is 4.52. The SMILES string of the molecule is CC1c2nn(C)cc2CN1c1nc(-c2c(O)cccc2F)c(Cl)c2c1C(=O)N1CCN(C(=O)OC(C)(C)C)C[C@@H]1CO2. The fourth-order valence-electron chi connectivity index (χ4n) is 5.81. The summed E-state index contributed by atoms with van der Waals surface area (Å²) in [6.45, 7) is 8.49. The largest absolute Gasteiger partial charge is 0.507 e. The normalized spacial score (nSPS) is 20.1. The minimum atomic E-state index is -0.722. The molecule has 3 aliphatic heterocycles. The van der Waals surface area contributed by atoms with Crippen LogP contribution in [0.2, 0.25) is 5.02 Å². The number of ether oxygens (including phenoxy) is 2. The number of phenols is 1. The van der Waals surface area contributed by atoms with Crippen molar-refractivity contribution in [3.63, 3.8) is 0 Å². The number of anilines is 1. The molecular formula is C29H32ClFN6O5. The van der Waals surface area contributed by atoms with E-state index in [1.54, 1.807) is 35.3 Å².